The number of aromatic nitrogens is 2. The summed E-state index contributed by atoms with van der Waals surface area (Å²) in [6, 6.07) is 0. The van der Waals surface area contributed by atoms with Crippen LogP contribution in [0.15, 0.2) is 12.4 Å². The van der Waals surface area contributed by atoms with E-state index in [1.807, 2.05) is 10.9 Å². The van der Waals surface area contributed by atoms with E-state index < -0.39 is 0 Å². The lowest BCUT2D eigenvalue weighted by atomic mass is 10.1. The third-order valence-electron chi connectivity index (χ3n) is 2.85. The van der Waals surface area contributed by atoms with Gasteiger partial charge in [0.25, 0.3) is 0 Å². The molecule has 2 N–H and O–H groups in total. The number of piperidine rings is 1. The highest BCUT2D eigenvalue weighted by Gasteiger charge is 2.18. The van der Waals surface area contributed by atoms with Crippen molar-refractivity contribution in [2.75, 3.05) is 26.7 Å². The van der Waals surface area contributed by atoms with Gasteiger partial charge in [0.2, 0.25) is 0 Å². The van der Waals surface area contributed by atoms with E-state index in [4.69, 9.17) is 10.5 Å². The van der Waals surface area contributed by atoms with Crippen LogP contribution >= 0.6 is 0 Å². The Morgan fingerprint density at radius 2 is 2.50 bits per heavy atom. The molecule has 5 nitrogen and oxygen atoms in total. The lowest BCUT2D eigenvalue weighted by Gasteiger charge is -2.29. The number of hydrogen-bond acceptors (Lipinski definition) is 4. The van der Waals surface area contributed by atoms with Crippen molar-refractivity contribution in [3.63, 3.8) is 0 Å². The molecule has 1 saturated heterocycles. The lowest BCUT2D eigenvalue weighted by molar-refractivity contribution is 0.104. The molecule has 1 fully saturated rings. The van der Waals surface area contributed by atoms with Crippen molar-refractivity contribution in [1.29, 1.82) is 0 Å². The summed E-state index contributed by atoms with van der Waals surface area (Å²) in [4.78, 5) is 2.30. The zero-order valence-corrected chi connectivity index (χ0v) is 9.80. The largest absolute Gasteiger partial charge is 0.486 e. The Labute approximate surface area is 96.2 Å². The predicted octanol–water partition coefficient (Wildman–Crippen LogP) is 0.315. The quantitative estimate of drug-likeness (QED) is 0.800. The number of likely N-dealkylation sites (N-methyl/N-ethyl adjacent to an activating group) is 1. The van der Waals surface area contributed by atoms with Gasteiger partial charge in [-0.2, -0.15) is 5.10 Å². The van der Waals surface area contributed by atoms with Crippen LogP contribution in [0.5, 0.6) is 5.75 Å². The van der Waals surface area contributed by atoms with Crippen LogP contribution in [-0.2, 0) is 6.54 Å². The number of rotatable bonds is 4. The van der Waals surface area contributed by atoms with Crippen molar-refractivity contribution in [2.45, 2.75) is 25.5 Å². The first-order chi connectivity index (χ1) is 7.78. The number of ether oxygens (including phenoxy) is 1. The van der Waals surface area contributed by atoms with Crippen LogP contribution < -0.4 is 10.5 Å². The first kappa shape index (κ1) is 11.4. The maximum atomic E-state index is 5.89. The van der Waals surface area contributed by atoms with Gasteiger partial charge in [-0.15, -0.1) is 0 Å². The molecule has 0 spiro atoms. The number of nitrogens with two attached hydrogens (primary N) is 1. The lowest BCUT2D eigenvalue weighted by Crippen LogP contribution is -2.38. The van der Waals surface area contributed by atoms with Crippen LogP contribution in [0.25, 0.3) is 0 Å². The molecule has 1 unspecified atom stereocenters. The summed E-state index contributed by atoms with van der Waals surface area (Å²) in [7, 11) is 2.13. The summed E-state index contributed by atoms with van der Waals surface area (Å²) < 4.78 is 7.71. The summed E-state index contributed by atoms with van der Waals surface area (Å²) in [5, 5.41) is 4.19. The van der Waals surface area contributed by atoms with E-state index in [9.17, 15) is 0 Å². The minimum absolute atomic E-state index is 0.300. The number of hydrogen-bond donors (Lipinski definition) is 1. The van der Waals surface area contributed by atoms with Gasteiger partial charge >= 0.3 is 0 Å². The average Bonchev–Trinajstić information content (AvgIpc) is 2.66. The SMILES string of the molecule is CN1CCCC(Oc2cnn(CCN)c2)C1. The molecule has 0 aliphatic carbocycles. The van der Waals surface area contributed by atoms with Crippen molar-refractivity contribution in [1.82, 2.24) is 14.7 Å². The molecule has 1 aromatic heterocycles. The molecule has 0 bridgehead atoms. The highest BCUT2D eigenvalue weighted by Crippen LogP contribution is 2.16. The van der Waals surface area contributed by atoms with Crippen LogP contribution in [-0.4, -0.2) is 47.5 Å². The molecule has 0 aromatic carbocycles. The van der Waals surface area contributed by atoms with E-state index in [1.165, 1.54) is 13.0 Å². The Bertz CT molecular complexity index is 326. The Morgan fingerprint density at radius 1 is 1.62 bits per heavy atom. The van der Waals surface area contributed by atoms with E-state index in [-0.39, 0.29) is 0 Å². The Hall–Kier alpha value is -1.07. The van der Waals surface area contributed by atoms with Gasteiger partial charge in [-0.3, -0.25) is 4.68 Å². The first-order valence-electron chi connectivity index (χ1n) is 5.85. The molecule has 5 heteroatoms. The minimum Gasteiger partial charge on any atom is -0.486 e. The van der Waals surface area contributed by atoms with Crippen molar-refractivity contribution in [2.24, 2.45) is 5.73 Å². The molecule has 1 aliphatic rings. The smallest absolute Gasteiger partial charge is 0.157 e. The molecule has 0 radical (unpaired) electrons. The topological polar surface area (TPSA) is 56.3 Å². The monoisotopic (exact) mass is 224 g/mol. The van der Waals surface area contributed by atoms with Gasteiger partial charge in [0.05, 0.1) is 18.9 Å². The highest BCUT2D eigenvalue weighted by atomic mass is 16.5. The van der Waals surface area contributed by atoms with Crippen molar-refractivity contribution >= 4 is 0 Å². The summed E-state index contributed by atoms with van der Waals surface area (Å²) in [5.74, 6) is 0.855. The predicted molar refractivity (Wildman–Crippen MR) is 62.4 cm³/mol. The summed E-state index contributed by atoms with van der Waals surface area (Å²) in [6.07, 6.45) is 6.32. The van der Waals surface area contributed by atoms with Crippen LogP contribution in [0.4, 0.5) is 0 Å². The molecule has 2 heterocycles. The fourth-order valence-electron chi connectivity index (χ4n) is 2.07. The van der Waals surface area contributed by atoms with Gasteiger partial charge in [0, 0.05) is 13.1 Å². The zero-order chi connectivity index (χ0) is 11.4. The second-order valence-electron chi connectivity index (χ2n) is 4.37. The molecule has 1 aliphatic heterocycles. The molecule has 1 aromatic rings. The van der Waals surface area contributed by atoms with Crippen LogP contribution in [0, 0.1) is 0 Å². The average molecular weight is 224 g/mol. The normalized spacial score (nSPS) is 22.2. The number of nitrogens with zero attached hydrogens (tertiary/aromatic N) is 3. The highest BCUT2D eigenvalue weighted by molar-refractivity contribution is 5.12. The fraction of sp³-hybridized carbons (Fsp3) is 0.727. The van der Waals surface area contributed by atoms with Crippen molar-refractivity contribution < 1.29 is 4.74 Å². The van der Waals surface area contributed by atoms with E-state index >= 15 is 0 Å². The summed E-state index contributed by atoms with van der Waals surface area (Å²) >= 11 is 0. The van der Waals surface area contributed by atoms with E-state index in [2.05, 4.69) is 17.0 Å². The maximum Gasteiger partial charge on any atom is 0.157 e. The van der Waals surface area contributed by atoms with E-state index in [0.717, 1.165) is 25.3 Å². The van der Waals surface area contributed by atoms with Crippen molar-refractivity contribution in [3.05, 3.63) is 12.4 Å². The van der Waals surface area contributed by atoms with Gasteiger partial charge in [-0.25, -0.2) is 0 Å². The molecule has 1 atom stereocenters. The van der Waals surface area contributed by atoms with Crippen LogP contribution in [0.2, 0.25) is 0 Å². The first-order valence-corrected chi connectivity index (χ1v) is 5.85. The third-order valence-corrected chi connectivity index (χ3v) is 2.85. The Morgan fingerprint density at radius 3 is 3.25 bits per heavy atom. The van der Waals surface area contributed by atoms with Crippen LogP contribution in [0.1, 0.15) is 12.8 Å². The molecule has 16 heavy (non-hydrogen) atoms. The Kier molecular flexibility index (Phi) is 3.79. The fourth-order valence-corrected chi connectivity index (χ4v) is 2.07. The zero-order valence-electron chi connectivity index (χ0n) is 9.80. The van der Waals surface area contributed by atoms with Gasteiger partial charge in [0.15, 0.2) is 5.75 Å². The third kappa shape index (κ3) is 2.96. The van der Waals surface area contributed by atoms with Gasteiger partial charge < -0.3 is 15.4 Å². The number of likely N-dealkylation sites (tertiary alicyclic amines) is 1. The van der Waals surface area contributed by atoms with Gasteiger partial charge in [-0.1, -0.05) is 0 Å². The molecule has 0 amide bonds. The standard InChI is InChI=1S/C11H20N4O/c1-14-5-2-3-10(8-14)16-11-7-13-15(9-11)6-4-12/h7,9-10H,2-6,8,12H2,1H3. The maximum absolute atomic E-state index is 5.89. The molecule has 0 saturated carbocycles. The minimum atomic E-state index is 0.300. The molecule has 90 valence electrons. The van der Waals surface area contributed by atoms with E-state index in [0.29, 0.717) is 12.6 Å². The second kappa shape index (κ2) is 5.32. The second-order valence-corrected chi connectivity index (χ2v) is 4.37. The molecular formula is C11H20N4O. The molecule has 2 rings (SSSR count). The van der Waals surface area contributed by atoms with Gasteiger partial charge in [0.1, 0.15) is 6.10 Å². The van der Waals surface area contributed by atoms with Crippen molar-refractivity contribution in [3.8, 4) is 5.75 Å². The summed E-state index contributed by atoms with van der Waals surface area (Å²) in [6.45, 7) is 3.52. The van der Waals surface area contributed by atoms with Gasteiger partial charge in [-0.05, 0) is 26.4 Å². The molecular weight excluding hydrogens is 204 g/mol. The summed E-state index contributed by atoms with van der Waals surface area (Å²) in [5.41, 5.74) is 5.46. The Balaban J connectivity index is 1.87. The van der Waals surface area contributed by atoms with E-state index in [1.54, 1.807) is 6.20 Å². The van der Waals surface area contributed by atoms with Crippen LogP contribution in [0.3, 0.4) is 0 Å².